The fraction of sp³-hybridized carbons (Fsp3) is 0.105. The molecule has 4 rings (SSSR count). The highest BCUT2D eigenvalue weighted by Gasteiger charge is 2.12. The van der Waals surface area contributed by atoms with Crippen molar-refractivity contribution < 1.29 is 4.74 Å². The zero-order valence-electron chi connectivity index (χ0n) is 13.5. The summed E-state index contributed by atoms with van der Waals surface area (Å²) < 4.78 is 7.75. The van der Waals surface area contributed by atoms with Gasteiger partial charge >= 0.3 is 6.01 Å². The molecule has 0 radical (unpaired) electrons. The molecule has 118 valence electrons. The second-order valence-electron chi connectivity index (χ2n) is 5.56. The topological polar surface area (TPSA) is 52.8 Å². The number of benzene rings is 2. The lowest BCUT2D eigenvalue weighted by Crippen LogP contribution is -1.95. The van der Waals surface area contributed by atoms with E-state index in [0.717, 1.165) is 33.6 Å². The van der Waals surface area contributed by atoms with E-state index in [1.807, 2.05) is 56.4 Å². The number of ether oxygens (including phenoxy) is 1. The number of hydrogen-bond donors (Lipinski definition) is 0. The molecule has 0 unspecified atom stereocenters. The van der Waals surface area contributed by atoms with Crippen LogP contribution < -0.4 is 4.74 Å². The summed E-state index contributed by atoms with van der Waals surface area (Å²) >= 11 is 0. The molecule has 0 aliphatic rings. The van der Waals surface area contributed by atoms with Crippen LogP contribution in [-0.2, 0) is 7.05 Å². The monoisotopic (exact) mass is 316 g/mol. The Balaban J connectivity index is 1.75. The van der Waals surface area contributed by atoms with E-state index in [-0.39, 0.29) is 0 Å². The van der Waals surface area contributed by atoms with E-state index < -0.39 is 0 Å². The molecule has 0 aliphatic carbocycles. The molecule has 0 fully saturated rings. The Morgan fingerprint density at radius 1 is 0.958 bits per heavy atom. The van der Waals surface area contributed by atoms with Gasteiger partial charge in [0.2, 0.25) is 0 Å². The third kappa shape index (κ3) is 2.50. The summed E-state index contributed by atoms with van der Waals surface area (Å²) in [5, 5.41) is 4.36. The van der Waals surface area contributed by atoms with E-state index in [1.54, 1.807) is 10.9 Å². The maximum absolute atomic E-state index is 5.98. The van der Waals surface area contributed by atoms with Crippen molar-refractivity contribution in [1.82, 2.24) is 19.7 Å². The number of aromatic nitrogens is 4. The molecule has 0 spiro atoms. The average Bonchev–Trinajstić information content (AvgIpc) is 2.90. The minimum absolute atomic E-state index is 0.321. The van der Waals surface area contributed by atoms with Gasteiger partial charge < -0.3 is 4.74 Å². The van der Waals surface area contributed by atoms with E-state index in [1.165, 1.54) is 0 Å². The van der Waals surface area contributed by atoms with Crippen LogP contribution in [0.4, 0.5) is 0 Å². The van der Waals surface area contributed by atoms with Gasteiger partial charge in [0.25, 0.3) is 0 Å². The SMILES string of the molecule is Cc1nn(C)c2cnc(Oc3ccccc3-c3ccccc3)nc12. The van der Waals surface area contributed by atoms with Gasteiger partial charge in [0.15, 0.2) is 0 Å². The van der Waals surface area contributed by atoms with Gasteiger partial charge in [-0.05, 0) is 18.6 Å². The van der Waals surface area contributed by atoms with Crippen LogP contribution in [0.2, 0.25) is 0 Å². The van der Waals surface area contributed by atoms with Crippen LogP contribution in [0.3, 0.4) is 0 Å². The van der Waals surface area contributed by atoms with Crippen molar-refractivity contribution in [3.63, 3.8) is 0 Å². The minimum Gasteiger partial charge on any atom is -0.424 e. The first-order valence-corrected chi connectivity index (χ1v) is 7.71. The summed E-state index contributed by atoms with van der Waals surface area (Å²) in [7, 11) is 1.88. The summed E-state index contributed by atoms with van der Waals surface area (Å²) in [6.07, 6.45) is 1.74. The first-order chi connectivity index (χ1) is 11.7. The average molecular weight is 316 g/mol. The first kappa shape index (κ1) is 14.4. The van der Waals surface area contributed by atoms with Crippen molar-refractivity contribution in [3.8, 4) is 22.9 Å². The Bertz CT molecular complexity index is 1010. The number of aryl methyl sites for hydroxylation is 2. The predicted octanol–water partition coefficient (Wildman–Crippen LogP) is 4.13. The van der Waals surface area contributed by atoms with Gasteiger partial charge in [-0.2, -0.15) is 10.1 Å². The zero-order chi connectivity index (χ0) is 16.5. The van der Waals surface area contributed by atoms with Crippen molar-refractivity contribution in [3.05, 3.63) is 66.5 Å². The highest BCUT2D eigenvalue weighted by atomic mass is 16.5. The van der Waals surface area contributed by atoms with Crippen LogP contribution >= 0.6 is 0 Å². The third-order valence-electron chi connectivity index (χ3n) is 3.91. The molecule has 0 aliphatic heterocycles. The Morgan fingerprint density at radius 2 is 1.71 bits per heavy atom. The largest absolute Gasteiger partial charge is 0.424 e. The number of hydrogen-bond acceptors (Lipinski definition) is 4. The fourth-order valence-corrected chi connectivity index (χ4v) is 2.75. The number of fused-ring (bicyclic) bond motifs is 1. The normalized spacial score (nSPS) is 10.9. The van der Waals surface area contributed by atoms with Crippen molar-refractivity contribution in [2.45, 2.75) is 6.92 Å². The van der Waals surface area contributed by atoms with Gasteiger partial charge in [-0.1, -0.05) is 48.5 Å². The first-order valence-electron chi connectivity index (χ1n) is 7.71. The number of rotatable bonds is 3. The van der Waals surface area contributed by atoms with E-state index in [9.17, 15) is 0 Å². The highest BCUT2D eigenvalue weighted by molar-refractivity contribution is 5.77. The lowest BCUT2D eigenvalue weighted by Gasteiger charge is -2.10. The second kappa shape index (κ2) is 5.77. The molecule has 0 bridgehead atoms. The minimum atomic E-state index is 0.321. The van der Waals surface area contributed by atoms with Crippen molar-refractivity contribution in [2.75, 3.05) is 0 Å². The Hall–Kier alpha value is -3.21. The maximum atomic E-state index is 5.98. The van der Waals surface area contributed by atoms with Crippen LogP contribution in [0.15, 0.2) is 60.8 Å². The van der Waals surface area contributed by atoms with Gasteiger partial charge in [0, 0.05) is 12.6 Å². The van der Waals surface area contributed by atoms with Gasteiger partial charge in [-0.3, -0.25) is 4.68 Å². The second-order valence-corrected chi connectivity index (χ2v) is 5.56. The Labute approximate surface area is 139 Å². The summed E-state index contributed by atoms with van der Waals surface area (Å²) in [5.74, 6) is 0.726. The fourth-order valence-electron chi connectivity index (χ4n) is 2.75. The predicted molar refractivity (Wildman–Crippen MR) is 93.0 cm³/mol. The van der Waals surface area contributed by atoms with E-state index >= 15 is 0 Å². The molecule has 2 aromatic carbocycles. The van der Waals surface area contributed by atoms with Gasteiger partial charge in [-0.25, -0.2) is 4.98 Å². The van der Waals surface area contributed by atoms with Crippen molar-refractivity contribution >= 4 is 11.0 Å². The quantitative estimate of drug-likeness (QED) is 0.570. The Kier molecular flexibility index (Phi) is 3.46. The molecule has 4 aromatic rings. The van der Waals surface area contributed by atoms with E-state index in [2.05, 4.69) is 27.2 Å². The molecule has 5 nitrogen and oxygen atoms in total. The molecule has 0 N–H and O–H groups in total. The number of nitrogens with zero attached hydrogens (tertiary/aromatic N) is 4. The Morgan fingerprint density at radius 3 is 2.54 bits per heavy atom. The van der Waals surface area contributed by atoms with Crippen molar-refractivity contribution in [1.29, 1.82) is 0 Å². The molecule has 0 amide bonds. The molecule has 0 saturated heterocycles. The van der Waals surface area contributed by atoms with Crippen LogP contribution in [0.25, 0.3) is 22.2 Å². The van der Waals surface area contributed by atoms with Gasteiger partial charge in [-0.15, -0.1) is 0 Å². The highest BCUT2D eigenvalue weighted by Crippen LogP contribution is 2.32. The van der Waals surface area contributed by atoms with Crippen LogP contribution in [0.1, 0.15) is 5.69 Å². The maximum Gasteiger partial charge on any atom is 0.322 e. The van der Waals surface area contributed by atoms with E-state index in [0.29, 0.717) is 6.01 Å². The van der Waals surface area contributed by atoms with Gasteiger partial charge in [0.05, 0.1) is 11.9 Å². The molecule has 2 aromatic heterocycles. The summed E-state index contributed by atoms with van der Waals surface area (Å²) in [6, 6.07) is 18.3. The third-order valence-corrected chi connectivity index (χ3v) is 3.91. The van der Waals surface area contributed by atoms with Crippen LogP contribution in [0, 0.1) is 6.92 Å². The van der Waals surface area contributed by atoms with Gasteiger partial charge in [0.1, 0.15) is 16.8 Å². The molecule has 5 heteroatoms. The standard InChI is InChI=1S/C19H16N4O/c1-13-18-16(23(2)22-13)12-20-19(21-18)24-17-11-7-6-10-15(17)14-8-4-3-5-9-14/h3-12H,1-2H3. The smallest absolute Gasteiger partial charge is 0.322 e. The molecular weight excluding hydrogens is 300 g/mol. The number of para-hydroxylation sites is 1. The van der Waals surface area contributed by atoms with Crippen LogP contribution in [0.5, 0.6) is 11.8 Å². The molecule has 0 atom stereocenters. The lowest BCUT2D eigenvalue weighted by atomic mass is 10.1. The zero-order valence-corrected chi connectivity index (χ0v) is 13.5. The molecule has 24 heavy (non-hydrogen) atoms. The molecule has 2 heterocycles. The van der Waals surface area contributed by atoms with E-state index in [4.69, 9.17) is 4.74 Å². The lowest BCUT2D eigenvalue weighted by molar-refractivity contribution is 0.446. The molecular formula is C19H16N4O. The van der Waals surface area contributed by atoms with Crippen LogP contribution in [-0.4, -0.2) is 19.7 Å². The van der Waals surface area contributed by atoms with Crippen molar-refractivity contribution in [2.24, 2.45) is 7.05 Å². The summed E-state index contributed by atoms with van der Waals surface area (Å²) in [6.45, 7) is 1.93. The summed E-state index contributed by atoms with van der Waals surface area (Å²) in [4.78, 5) is 8.83. The molecule has 0 saturated carbocycles. The summed E-state index contributed by atoms with van der Waals surface area (Å²) in [5.41, 5.74) is 4.64.